The van der Waals surface area contributed by atoms with E-state index in [2.05, 4.69) is 15.3 Å². The van der Waals surface area contributed by atoms with Crippen LogP contribution in [0.25, 0.3) is 16.9 Å². The molecule has 0 aliphatic carbocycles. The van der Waals surface area contributed by atoms with Crippen LogP contribution in [0.2, 0.25) is 15.3 Å². The van der Waals surface area contributed by atoms with Crippen molar-refractivity contribution in [2.24, 2.45) is 0 Å². The van der Waals surface area contributed by atoms with E-state index in [1.54, 1.807) is 47.0 Å². The lowest BCUT2D eigenvalue weighted by atomic mass is 10.1. The maximum absolute atomic E-state index is 12.5. The Hall–Kier alpha value is -2.86. The van der Waals surface area contributed by atoms with Crippen LogP contribution in [0.5, 0.6) is 0 Å². The number of pyridine rings is 1. The lowest BCUT2D eigenvalue weighted by molar-refractivity contribution is 0.102. The Morgan fingerprint density at radius 1 is 0.897 bits per heavy atom. The minimum atomic E-state index is -0.264. The Kier molecular flexibility index (Phi) is 5.53. The first kappa shape index (κ1) is 19.5. The molecule has 4 rings (SSSR count). The van der Waals surface area contributed by atoms with Crippen LogP contribution in [0.15, 0.2) is 73.2 Å². The van der Waals surface area contributed by atoms with Crippen molar-refractivity contribution in [1.82, 2.24) is 14.5 Å². The summed E-state index contributed by atoms with van der Waals surface area (Å²) in [5, 5.41) is 4.01. The molecule has 0 atom stereocenters. The standard InChI is InChI=1S/C21H13Cl3N4O/c22-17-4-2-1-3-16(17)18-10-5-13(11-25-18)21(29)27-14-6-8-15(9-7-14)28-12-26-19(23)20(28)24/h1-12H,(H,27,29). The van der Waals surface area contributed by atoms with Gasteiger partial charge < -0.3 is 5.32 Å². The molecule has 29 heavy (non-hydrogen) atoms. The number of amides is 1. The molecule has 1 amide bonds. The summed E-state index contributed by atoms with van der Waals surface area (Å²) in [6.07, 6.45) is 3.06. The third-order valence-corrected chi connectivity index (χ3v) is 5.31. The van der Waals surface area contributed by atoms with Crippen molar-refractivity contribution in [3.63, 3.8) is 0 Å². The number of hydrogen-bond acceptors (Lipinski definition) is 3. The van der Waals surface area contributed by atoms with Gasteiger partial charge in [0.05, 0.1) is 11.3 Å². The van der Waals surface area contributed by atoms with Gasteiger partial charge in [0, 0.05) is 28.2 Å². The lowest BCUT2D eigenvalue weighted by Crippen LogP contribution is -2.12. The van der Waals surface area contributed by atoms with Crippen molar-refractivity contribution in [3.05, 3.63) is 94.1 Å². The first-order valence-electron chi connectivity index (χ1n) is 8.54. The van der Waals surface area contributed by atoms with Crippen LogP contribution in [0, 0.1) is 0 Å². The summed E-state index contributed by atoms with van der Waals surface area (Å²) in [7, 11) is 0. The molecule has 0 unspecified atom stereocenters. The Morgan fingerprint density at radius 2 is 1.66 bits per heavy atom. The van der Waals surface area contributed by atoms with Gasteiger partial charge >= 0.3 is 0 Å². The van der Waals surface area contributed by atoms with Crippen molar-refractivity contribution in [2.75, 3.05) is 5.32 Å². The number of carbonyl (C=O) groups excluding carboxylic acids is 1. The Bertz CT molecular complexity index is 1170. The molecule has 0 spiro atoms. The van der Waals surface area contributed by atoms with Crippen LogP contribution in [0.1, 0.15) is 10.4 Å². The van der Waals surface area contributed by atoms with E-state index in [0.29, 0.717) is 27.1 Å². The number of rotatable bonds is 4. The van der Waals surface area contributed by atoms with Crippen LogP contribution in [-0.2, 0) is 0 Å². The summed E-state index contributed by atoms with van der Waals surface area (Å²) in [5.41, 5.74) is 3.37. The largest absolute Gasteiger partial charge is 0.322 e. The summed E-state index contributed by atoms with van der Waals surface area (Å²) in [6, 6.07) is 18.0. The second-order valence-corrected chi connectivity index (χ2v) is 7.23. The Labute approximate surface area is 181 Å². The number of nitrogens with zero attached hydrogens (tertiary/aromatic N) is 3. The van der Waals surface area contributed by atoms with Crippen LogP contribution < -0.4 is 5.32 Å². The molecule has 0 bridgehead atoms. The summed E-state index contributed by atoms with van der Waals surface area (Å²) >= 11 is 18.2. The lowest BCUT2D eigenvalue weighted by Gasteiger charge is -2.08. The van der Waals surface area contributed by atoms with Gasteiger partial charge in [0.2, 0.25) is 0 Å². The minimum Gasteiger partial charge on any atom is -0.322 e. The molecule has 2 aromatic heterocycles. The monoisotopic (exact) mass is 442 g/mol. The quantitative estimate of drug-likeness (QED) is 0.412. The van der Waals surface area contributed by atoms with Crippen molar-refractivity contribution in [1.29, 1.82) is 0 Å². The second kappa shape index (κ2) is 8.25. The normalized spacial score (nSPS) is 10.7. The molecular weight excluding hydrogens is 431 g/mol. The zero-order valence-corrected chi connectivity index (χ0v) is 17.1. The highest BCUT2D eigenvalue weighted by atomic mass is 35.5. The first-order valence-corrected chi connectivity index (χ1v) is 9.67. The van der Waals surface area contributed by atoms with Crippen molar-refractivity contribution < 1.29 is 4.79 Å². The molecule has 144 valence electrons. The topological polar surface area (TPSA) is 59.8 Å². The molecule has 8 heteroatoms. The molecule has 0 saturated heterocycles. The number of halogens is 3. The molecule has 2 aromatic carbocycles. The van der Waals surface area contributed by atoms with Gasteiger partial charge in [0.15, 0.2) is 10.3 Å². The van der Waals surface area contributed by atoms with E-state index in [-0.39, 0.29) is 11.1 Å². The number of nitrogens with one attached hydrogen (secondary N) is 1. The molecule has 0 saturated carbocycles. The van der Waals surface area contributed by atoms with E-state index in [1.165, 1.54) is 12.5 Å². The van der Waals surface area contributed by atoms with Crippen molar-refractivity contribution >= 4 is 46.4 Å². The highest BCUT2D eigenvalue weighted by Gasteiger charge is 2.11. The summed E-state index contributed by atoms with van der Waals surface area (Å²) < 4.78 is 1.65. The molecular formula is C21H13Cl3N4O. The number of hydrogen-bond donors (Lipinski definition) is 1. The predicted molar refractivity (Wildman–Crippen MR) is 116 cm³/mol. The van der Waals surface area contributed by atoms with Crippen LogP contribution in [0.4, 0.5) is 5.69 Å². The number of anilines is 1. The predicted octanol–water partition coefficient (Wildman–Crippen LogP) is 6.15. The summed E-state index contributed by atoms with van der Waals surface area (Å²) in [4.78, 5) is 20.8. The van der Waals surface area contributed by atoms with Gasteiger partial charge in [0.25, 0.3) is 5.91 Å². The maximum atomic E-state index is 12.5. The molecule has 1 N–H and O–H groups in total. The average Bonchev–Trinajstić information content (AvgIpc) is 3.08. The van der Waals surface area contributed by atoms with Crippen molar-refractivity contribution in [2.45, 2.75) is 0 Å². The van der Waals surface area contributed by atoms with Gasteiger partial charge in [-0.25, -0.2) is 4.98 Å². The number of carbonyl (C=O) groups is 1. The fraction of sp³-hybridized carbons (Fsp3) is 0. The van der Waals surface area contributed by atoms with Gasteiger partial charge in [-0.15, -0.1) is 0 Å². The zero-order chi connectivity index (χ0) is 20.4. The van der Waals surface area contributed by atoms with E-state index in [0.717, 1.165) is 11.3 Å². The number of benzene rings is 2. The van der Waals surface area contributed by atoms with E-state index in [1.807, 2.05) is 18.2 Å². The third kappa shape index (κ3) is 4.12. The fourth-order valence-corrected chi connectivity index (χ4v) is 3.31. The first-order chi connectivity index (χ1) is 14.0. The maximum Gasteiger partial charge on any atom is 0.257 e. The molecule has 2 heterocycles. The SMILES string of the molecule is O=C(Nc1ccc(-n2cnc(Cl)c2Cl)cc1)c1ccc(-c2ccccc2Cl)nc1. The molecule has 4 aromatic rings. The van der Waals surface area contributed by atoms with Crippen LogP contribution in [0.3, 0.4) is 0 Å². The molecule has 0 fully saturated rings. The van der Waals surface area contributed by atoms with Crippen LogP contribution in [-0.4, -0.2) is 20.4 Å². The Balaban J connectivity index is 1.48. The third-order valence-electron chi connectivity index (χ3n) is 4.25. The van der Waals surface area contributed by atoms with E-state index in [4.69, 9.17) is 34.8 Å². The highest BCUT2D eigenvalue weighted by molar-refractivity contribution is 6.40. The summed E-state index contributed by atoms with van der Waals surface area (Å²) in [6.45, 7) is 0. The van der Waals surface area contributed by atoms with Gasteiger partial charge in [-0.1, -0.05) is 53.0 Å². The minimum absolute atomic E-state index is 0.233. The molecule has 0 radical (unpaired) electrons. The van der Waals surface area contributed by atoms with Crippen LogP contribution >= 0.6 is 34.8 Å². The molecule has 0 aliphatic rings. The highest BCUT2D eigenvalue weighted by Crippen LogP contribution is 2.26. The van der Waals surface area contributed by atoms with Gasteiger partial charge in [-0.3, -0.25) is 14.3 Å². The Morgan fingerprint density at radius 3 is 2.28 bits per heavy atom. The van der Waals surface area contributed by atoms with Crippen molar-refractivity contribution in [3.8, 4) is 16.9 Å². The van der Waals surface area contributed by atoms with Gasteiger partial charge in [-0.2, -0.15) is 0 Å². The smallest absolute Gasteiger partial charge is 0.257 e. The molecule has 5 nitrogen and oxygen atoms in total. The van der Waals surface area contributed by atoms with Gasteiger partial charge in [-0.05, 0) is 42.5 Å². The summed E-state index contributed by atoms with van der Waals surface area (Å²) in [5.74, 6) is -0.264. The number of aromatic nitrogens is 3. The van der Waals surface area contributed by atoms with E-state index >= 15 is 0 Å². The second-order valence-electron chi connectivity index (χ2n) is 6.11. The van der Waals surface area contributed by atoms with E-state index < -0.39 is 0 Å². The zero-order valence-electron chi connectivity index (χ0n) is 14.8. The van der Waals surface area contributed by atoms with E-state index in [9.17, 15) is 4.79 Å². The average molecular weight is 444 g/mol. The molecule has 0 aliphatic heterocycles. The number of imidazole rings is 1. The van der Waals surface area contributed by atoms with Gasteiger partial charge in [0.1, 0.15) is 6.33 Å². The fourth-order valence-electron chi connectivity index (χ4n) is 2.76.